The lowest BCUT2D eigenvalue weighted by Gasteiger charge is -2.20. The first kappa shape index (κ1) is 74.6. The normalized spacial score (nSPS) is 13.0. The first-order chi connectivity index (χ1) is 37.5. The number of esters is 1. The Balaban J connectivity index is 3.37. The van der Waals surface area contributed by atoms with Crippen LogP contribution in [-0.4, -0.2) is 58.7 Å². The lowest BCUT2D eigenvalue weighted by Crippen LogP contribution is -2.45. The molecule has 452 valence electrons. The van der Waals surface area contributed by atoms with Crippen molar-refractivity contribution >= 4 is 11.9 Å². The summed E-state index contributed by atoms with van der Waals surface area (Å²) < 4.78 is 5.37. The van der Waals surface area contributed by atoms with Gasteiger partial charge in [-0.15, -0.1) is 0 Å². The van der Waals surface area contributed by atoms with Gasteiger partial charge in [0.1, 0.15) is 0 Å². The van der Waals surface area contributed by atoms with Crippen LogP contribution in [0.15, 0.2) is 12.2 Å². The Labute approximate surface area is 474 Å². The van der Waals surface area contributed by atoms with Crippen molar-refractivity contribution in [2.45, 2.75) is 405 Å². The quantitative estimate of drug-likeness (QED) is 0.0274. The summed E-state index contributed by atoms with van der Waals surface area (Å²) in [5.74, 6) is -0.484. The lowest BCUT2D eigenvalue weighted by molar-refractivity contribution is -0.154. The fourth-order valence-corrected chi connectivity index (χ4v) is 11.1. The van der Waals surface area contributed by atoms with Gasteiger partial charge in [-0.1, -0.05) is 360 Å². The molecule has 3 unspecified atom stereocenters. The molecular formula is C69H135NO6. The highest BCUT2D eigenvalue weighted by Crippen LogP contribution is 2.19. The predicted molar refractivity (Wildman–Crippen MR) is 330 cm³/mol. The number of allylic oxidation sites excluding steroid dienone is 1. The van der Waals surface area contributed by atoms with Crippen LogP contribution in [0.2, 0.25) is 0 Å². The highest BCUT2D eigenvalue weighted by atomic mass is 16.5. The average Bonchev–Trinajstić information content (AvgIpc) is 3.42. The molecule has 0 spiro atoms. The number of hydrogen-bond donors (Lipinski definition) is 4. The Kier molecular flexibility index (Phi) is 63.2. The number of amides is 1. The Bertz CT molecular complexity index is 1160. The summed E-state index contributed by atoms with van der Waals surface area (Å²) in [4.78, 5) is 24.6. The molecule has 76 heavy (non-hydrogen) atoms. The van der Waals surface area contributed by atoms with Crippen LogP contribution >= 0.6 is 0 Å². The topological polar surface area (TPSA) is 116 Å². The fraction of sp³-hybridized carbons (Fsp3) is 0.942. The number of aliphatic hydroxyl groups excluding tert-OH is 3. The molecule has 0 saturated carbocycles. The molecule has 0 heterocycles. The van der Waals surface area contributed by atoms with Crippen LogP contribution in [0.3, 0.4) is 0 Å². The summed E-state index contributed by atoms with van der Waals surface area (Å²) in [5.41, 5.74) is 0. The maximum absolute atomic E-state index is 12.5. The maximum Gasteiger partial charge on any atom is 0.334 e. The molecule has 0 rings (SSSR count). The lowest BCUT2D eigenvalue weighted by atomic mass is 10.0. The van der Waals surface area contributed by atoms with Gasteiger partial charge in [0, 0.05) is 6.42 Å². The summed E-state index contributed by atoms with van der Waals surface area (Å²) in [7, 11) is 0. The van der Waals surface area contributed by atoms with E-state index < -0.39 is 24.2 Å². The van der Waals surface area contributed by atoms with E-state index in [1.54, 1.807) is 6.08 Å². The van der Waals surface area contributed by atoms with Gasteiger partial charge in [-0.05, 0) is 32.1 Å². The first-order valence-electron chi connectivity index (χ1n) is 34.6. The molecular weight excluding hydrogens is 939 g/mol. The van der Waals surface area contributed by atoms with Crippen molar-refractivity contribution in [2.24, 2.45) is 0 Å². The van der Waals surface area contributed by atoms with Gasteiger partial charge in [-0.3, -0.25) is 4.79 Å². The number of hydrogen-bond acceptors (Lipinski definition) is 6. The van der Waals surface area contributed by atoms with Gasteiger partial charge in [0.2, 0.25) is 5.91 Å². The molecule has 4 N–H and O–H groups in total. The summed E-state index contributed by atoms with van der Waals surface area (Å²) in [6, 6.07) is -0.628. The molecule has 0 bridgehead atoms. The van der Waals surface area contributed by atoms with Crippen LogP contribution in [0.4, 0.5) is 0 Å². The number of carbonyl (C=O) groups excluding carboxylic acids is 2. The van der Waals surface area contributed by atoms with Gasteiger partial charge in [0.25, 0.3) is 0 Å². The van der Waals surface area contributed by atoms with Crippen LogP contribution in [0.25, 0.3) is 0 Å². The minimum atomic E-state index is -0.945. The van der Waals surface area contributed by atoms with E-state index in [1.807, 2.05) is 6.08 Å². The number of rotatable bonds is 65. The van der Waals surface area contributed by atoms with Crippen molar-refractivity contribution < 1.29 is 29.6 Å². The molecule has 0 aromatic heterocycles. The van der Waals surface area contributed by atoms with E-state index in [2.05, 4.69) is 19.2 Å². The van der Waals surface area contributed by atoms with Crippen molar-refractivity contribution in [1.82, 2.24) is 5.32 Å². The predicted octanol–water partition coefficient (Wildman–Crippen LogP) is 21.0. The zero-order valence-electron chi connectivity index (χ0n) is 51.4. The van der Waals surface area contributed by atoms with E-state index in [4.69, 9.17) is 4.74 Å². The molecule has 7 nitrogen and oxygen atoms in total. The summed E-state index contributed by atoms with van der Waals surface area (Å²) in [6.45, 7) is 4.76. The Morgan fingerprint density at radius 2 is 0.658 bits per heavy atom. The van der Waals surface area contributed by atoms with E-state index in [0.29, 0.717) is 19.4 Å². The molecule has 0 aromatic rings. The van der Waals surface area contributed by atoms with Crippen molar-refractivity contribution in [2.75, 3.05) is 13.2 Å². The van der Waals surface area contributed by atoms with Crippen molar-refractivity contribution in [3.8, 4) is 0 Å². The Morgan fingerprint density at radius 3 is 0.974 bits per heavy atom. The van der Waals surface area contributed by atoms with E-state index in [1.165, 1.54) is 308 Å². The van der Waals surface area contributed by atoms with Crippen LogP contribution in [0, 0.1) is 0 Å². The zero-order valence-corrected chi connectivity index (χ0v) is 51.4. The fourth-order valence-electron chi connectivity index (χ4n) is 11.1. The van der Waals surface area contributed by atoms with Gasteiger partial charge in [0.05, 0.1) is 25.4 Å². The van der Waals surface area contributed by atoms with Crippen LogP contribution in [0.1, 0.15) is 386 Å². The summed E-state index contributed by atoms with van der Waals surface area (Å²) in [5, 5.41) is 33.3. The number of nitrogens with one attached hydrogen (secondary N) is 1. The monoisotopic (exact) mass is 1070 g/mol. The number of aliphatic hydroxyl groups is 3. The van der Waals surface area contributed by atoms with E-state index >= 15 is 0 Å². The number of unbranched alkanes of at least 4 members (excludes halogenated alkanes) is 53. The van der Waals surface area contributed by atoms with E-state index in [0.717, 1.165) is 51.4 Å². The largest absolute Gasteiger partial charge is 0.464 e. The number of carbonyl (C=O) groups is 2. The third-order valence-corrected chi connectivity index (χ3v) is 16.4. The van der Waals surface area contributed by atoms with Gasteiger partial charge in [0.15, 0.2) is 6.10 Å². The molecule has 0 aliphatic rings. The molecule has 0 aromatic carbocycles. The van der Waals surface area contributed by atoms with Crippen molar-refractivity contribution in [3.63, 3.8) is 0 Å². The van der Waals surface area contributed by atoms with Gasteiger partial charge >= 0.3 is 5.97 Å². The molecule has 1 amide bonds. The highest BCUT2D eigenvalue weighted by Gasteiger charge is 2.18. The van der Waals surface area contributed by atoms with Crippen LogP contribution in [-0.2, 0) is 14.3 Å². The Hall–Kier alpha value is -1.44. The Morgan fingerprint density at radius 1 is 0.382 bits per heavy atom. The molecule has 0 aliphatic carbocycles. The van der Waals surface area contributed by atoms with Gasteiger partial charge < -0.3 is 25.4 Å². The standard InChI is InChI=1S/C69H135NO6/c1-3-5-7-9-11-13-15-17-18-30-33-37-41-45-49-53-57-61-67(73)69(75)76-63-59-55-51-47-43-39-35-32-29-27-25-23-21-19-20-22-24-26-28-31-34-38-42-46-50-54-58-62-68(74)70-65(64-71)66(72)60-56-52-48-44-40-36-16-14-12-10-8-6-4-2/h56,60,65-67,71-73H,3-55,57-59,61-64H2,1-2H3,(H,70,74)/b60-56+. The average molecular weight is 1070 g/mol. The first-order valence-corrected chi connectivity index (χ1v) is 34.6. The summed E-state index contributed by atoms with van der Waals surface area (Å²) >= 11 is 0. The third-order valence-electron chi connectivity index (χ3n) is 16.4. The minimum Gasteiger partial charge on any atom is -0.464 e. The minimum absolute atomic E-state index is 0.0669. The second kappa shape index (κ2) is 64.4. The SMILES string of the molecule is CCCCCCCCCCCCC/C=C/C(O)C(CO)NC(=O)CCCCCCCCCCCCCCCCCCCCCCCCCCCCCOC(=O)C(O)CCCCCCCCCCCCCCCCCCC. The van der Waals surface area contributed by atoms with E-state index in [-0.39, 0.29) is 12.5 Å². The second-order valence-electron chi connectivity index (χ2n) is 24.0. The molecule has 0 saturated heterocycles. The highest BCUT2D eigenvalue weighted by molar-refractivity contribution is 5.76. The van der Waals surface area contributed by atoms with Gasteiger partial charge in [-0.25, -0.2) is 4.79 Å². The smallest absolute Gasteiger partial charge is 0.334 e. The van der Waals surface area contributed by atoms with Gasteiger partial charge in [-0.2, -0.15) is 0 Å². The molecule has 0 fully saturated rings. The van der Waals surface area contributed by atoms with Crippen molar-refractivity contribution in [3.05, 3.63) is 12.2 Å². The van der Waals surface area contributed by atoms with Crippen LogP contribution < -0.4 is 5.32 Å². The van der Waals surface area contributed by atoms with Crippen LogP contribution in [0.5, 0.6) is 0 Å². The maximum atomic E-state index is 12.5. The third kappa shape index (κ3) is 58.7. The molecule has 0 aliphatic heterocycles. The zero-order chi connectivity index (χ0) is 55.1. The molecule has 3 atom stereocenters. The second-order valence-corrected chi connectivity index (χ2v) is 24.0. The summed E-state index contributed by atoms with van der Waals surface area (Å²) in [6.07, 6.45) is 76.3. The van der Waals surface area contributed by atoms with Crippen molar-refractivity contribution in [1.29, 1.82) is 0 Å². The number of ether oxygens (including phenoxy) is 1. The van der Waals surface area contributed by atoms with E-state index in [9.17, 15) is 24.9 Å². The molecule has 0 radical (unpaired) electrons. The molecule has 7 heteroatoms.